The normalized spacial score (nSPS) is 11.8. The van der Waals surface area contributed by atoms with Crippen LogP contribution in [0.1, 0.15) is 38.2 Å². The molecule has 5 nitrogen and oxygen atoms in total. The van der Waals surface area contributed by atoms with Crippen LogP contribution in [-0.2, 0) is 9.59 Å². The molecule has 0 aliphatic rings. The second-order valence-electron chi connectivity index (χ2n) is 4.80. The van der Waals surface area contributed by atoms with Crippen LogP contribution in [0.2, 0.25) is 0 Å². The van der Waals surface area contributed by atoms with Crippen LogP contribution in [0.4, 0.5) is 0 Å². The third kappa shape index (κ3) is 4.77. The lowest BCUT2D eigenvalue weighted by atomic mass is 9.94. The molecule has 5 heteroatoms. The van der Waals surface area contributed by atoms with Gasteiger partial charge in [0.15, 0.2) is 0 Å². The third-order valence-corrected chi connectivity index (χ3v) is 3.51. The highest BCUT2D eigenvalue weighted by atomic mass is 16.5. The molecule has 116 valence electrons. The van der Waals surface area contributed by atoms with Crippen molar-refractivity contribution in [3.63, 3.8) is 0 Å². The van der Waals surface area contributed by atoms with Crippen LogP contribution in [-0.4, -0.2) is 42.1 Å². The summed E-state index contributed by atoms with van der Waals surface area (Å²) in [5.74, 6) is -0.408. The molecule has 0 saturated carbocycles. The molecule has 0 saturated heterocycles. The summed E-state index contributed by atoms with van der Waals surface area (Å²) in [7, 11) is 1.60. The van der Waals surface area contributed by atoms with Crippen LogP contribution in [0.15, 0.2) is 24.3 Å². The SMILES string of the molecule is CCC(C(=O)N(CC)CCC(=O)O)c1ccc(OC)cc1. The average Bonchev–Trinajstić information content (AvgIpc) is 2.49. The summed E-state index contributed by atoms with van der Waals surface area (Å²) >= 11 is 0. The van der Waals surface area contributed by atoms with Gasteiger partial charge in [0.05, 0.1) is 19.4 Å². The molecule has 1 aromatic rings. The minimum absolute atomic E-state index is 0.0218. The molecule has 1 aromatic carbocycles. The van der Waals surface area contributed by atoms with Crippen molar-refractivity contribution in [1.82, 2.24) is 4.90 Å². The van der Waals surface area contributed by atoms with E-state index in [-0.39, 0.29) is 24.8 Å². The summed E-state index contributed by atoms with van der Waals surface area (Å²) in [5, 5.41) is 8.76. The van der Waals surface area contributed by atoms with Crippen LogP contribution in [0.5, 0.6) is 5.75 Å². The first-order valence-electron chi connectivity index (χ1n) is 7.18. The van der Waals surface area contributed by atoms with Crippen molar-refractivity contribution >= 4 is 11.9 Å². The van der Waals surface area contributed by atoms with Crippen molar-refractivity contribution in [1.29, 1.82) is 0 Å². The zero-order valence-electron chi connectivity index (χ0n) is 12.8. The predicted octanol–water partition coefficient (Wildman–Crippen LogP) is 2.51. The molecule has 0 heterocycles. The summed E-state index contributed by atoms with van der Waals surface area (Å²) in [6.45, 7) is 4.58. The van der Waals surface area contributed by atoms with Crippen molar-refractivity contribution in [2.24, 2.45) is 0 Å². The Morgan fingerprint density at radius 1 is 1.24 bits per heavy atom. The number of methoxy groups -OCH3 is 1. The van der Waals surface area contributed by atoms with E-state index in [1.807, 2.05) is 38.1 Å². The second kappa shape index (κ2) is 8.29. The van der Waals surface area contributed by atoms with Crippen molar-refractivity contribution in [3.8, 4) is 5.75 Å². The largest absolute Gasteiger partial charge is 0.497 e. The predicted molar refractivity (Wildman–Crippen MR) is 80.5 cm³/mol. The molecule has 21 heavy (non-hydrogen) atoms. The number of rotatable bonds is 8. The van der Waals surface area contributed by atoms with Crippen molar-refractivity contribution < 1.29 is 19.4 Å². The number of aliphatic carboxylic acids is 1. The second-order valence-corrected chi connectivity index (χ2v) is 4.80. The first-order chi connectivity index (χ1) is 10.0. The number of nitrogens with zero attached hydrogens (tertiary/aromatic N) is 1. The highest BCUT2D eigenvalue weighted by molar-refractivity contribution is 5.84. The van der Waals surface area contributed by atoms with Gasteiger partial charge >= 0.3 is 5.97 Å². The molecule has 0 radical (unpaired) electrons. The monoisotopic (exact) mass is 293 g/mol. The smallest absolute Gasteiger partial charge is 0.305 e. The number of carboxylic acid groups (broad SMARTS) is 1. The summed E-state index contributed by atoms with van der Waals surface area (Å²) in [5.41, 5.74) is 0.928. The number of hydrogen-bond donors (Lipinski definition) is 1. The van der Waals surface area contributed by atoms with E-state index >= 15 is 0 Å². The number of hydrogen-bond acceptors (Lipinski definition) is 3. The Balaban J connectivity index is 2.85. The van der Waals surface area contributed by atoms with Gasteiger partial charge in [0.1, 0.15) is 5.75 Å². The highest BCUT2D eigenvalue weighted by Gasteiger charge is 2.23. The molecule has 1 amide bonds. The molecule has 0 fully saturated rings. The maximum atomic E-state index is 12.6. The summed E-state index contributed by atoms with van der Waals surface area (Å²) < 4.78 is 5.12. The molecule has 0 spiro atoms. The number of carboxylic acids is 1. The fraction of sp³-hybridized carbons (Fsp3) is 0.500. The molecule has 0 aliphatic carbocycles. The standard InChI is InChI=1S/C16H23NO4/c1-4-14(12-6-8-13(21-3)9-7-12)16(20)17(5-2)11-10-15(18)19/h6-9,14H,4-5,10-11H2,1-3H3,(H,18,19). The van der Waals surface area contributed by atoms with Crippen LogP contribution in [0.3, 0.4) is 0 Å². The minimum atomic E-state index is -0.890. The fourth-order valence-corrected chi connectivity index (χ4v) is 2.26. The summed E-state index contributed by atoms with van der Waals surface area (Å²) in [6.07, 6.45) is 0.646. The van der Waals surface area contributed by atoms with Gasteiger partial charge in [-0.2, -0.15) is 0 Å². The lowest BCUT2D eigenvalue weighted by Crippen LogP contribution is -2.36. The average molecular weight is 293 g/mol. The Morgan fingerprint density at radius 2 is 1.86 bits per heavy atom. The maximum absolute atomic E-state index is 12.6. The molecule has 0 aromatic heterocycles. The van der Waals surface area contributed by atoms with Crippen LogP contribution in [0.25, 0.3) is 0 Å². The number of likely N-dealkylation sites (N-methyl/N-ethyl adjacent to an activating group) is 1. The molecule has 1 atom stereocenters. The Kier molecular flexibility index (Phi) is 6.72. The molecule has 1 unspecified atom stereocenters. The molecule has 0 aliphatic heterocycles. The Labute approximate surface area is 125 Å². The lowest BCUT2D eigenvalue weighted by Gasteiger charge is -2.25. The molecule has 0 bridgehead atoms. The van der Waals surface area contributed by atoms with Gasteiger partial charge in [-0.05, 0) is 31.0 Å². The van der Waals surface area contributed by atoms with Crippen LogP contribution < -0.4 is 4.74 Å². The van der Waals surface area contributed by atoms with Gasteiger partial charge in [0.25, 0.3) is 0 Å². The van der Waals surface area contributed by atoms with Gasteiger partial charge in [0, 0.05) is 13.1 Å². The minimum Gasteiger partial charge on any atom is -0.497 e. The van der Waals surface area contributed by atoms with E-state index in [2.05, 4.69) is 0 Å². The first-order valence-corrected chi connectivity index (χ1v) is 7.18. The summed E-state index contributed by atoms with van der Waals surface area (Å²) in [6, 6.07) is 7.43. The fourth-order valence-electron chi connectivity index (χ4n) is 2.26. The zero-order valence-corrected chi connectivity index (χ0v) is 12.8. The first kappa shape index (κ1) is 17.0. The van der Waals surface area contributed by atoms with Gasteiger partial charge in [0.2, 0.25) is 5.91 Å². The van der Waals surface area contributed by atoms with E-state index in [0.29, 0.717) is 13.0 Å². The number of amides is 1. The van der Waals surface area contributed by atoms with E-state index in [1.165, 1.54) is 0 Å². The summed E-state index contributed by atoms with van der Waals surface area (Å²) in [4.78, 5) is 24.8. The number of benzene rings is 1. The van der Waals surface area contributed by atoms with E-state index in [9.17, 15) is 9.59 Å². The Morgan fingerprint density at radius 3 is 2.29 bits per heavy atom. The van der Waals surface area contributed by atoms with Gasteiger partial charge in [-0.15, -0.1) is 0 Å². The Bertz CT molecular complexity index is 470. The zero-order chi connectivity index (χ0) is 15.8. The van der Waals surface area contributed by atoms with Crippen LogP contribution >= 0.6 is 0 Å². The van der Waals surface area contributed by atoms with Gasteiger partial charge in [-0.25, -0.2) is 0 Å². The quantitative estimate of drug-likeness (QED) is 0.799. The molecular formula is C16H23NO4. The lowest BCUT2D eigenvalue weighted by molar-refractivity contribution is -0.138. The van der Waals surface area contributed by atoms with E-state index in [1.54, 1.807) is 12.0 Å². The van der Waals surface area contributed by atoms with E-state index in [0.717, 1.165) is 11.3 Å². The van der Waals surface area contributed by atoms with E-state index in [4.69, 9.17) is 9.84 Å². The van der Waals surface area contributed by atoms with Gasteiger partial charge < -0.3 is 14.7 Å². The van der Waals surface area contributed by atoms with E-state index < -0.39 is 5.97 Å². The van der Waals surface area contributed by atoms with Gasteiger partial charge in [-0.3, -0.25) is 9.59 Å². The topological polar surface area (TPSA) is 66.8 Å². The number of ether oxygens (including phenoxy) is 1. The highest BCUT2D eigenvalue weighted by Crippen LogP contribution is 2.24. The van der Waals surface area contributed by atoms with Crippen LogP contribution in [0, 0.1) is 0 Å². The van der Waals surface area contributed by atoms with Crippen molar-refractivity contribution in [2.75, 3.05) is 20.2 Å². The maximum Gasteiger partial charge on any atom is 0.305 e. The van der Waals surface area contributed by atoms with Gasteiger partial charge in [-0.1, -0.05) is 19.1 Å². The number of carbonyl (C=O) groups excluding carboxylic acids is 1. The van der Waals surface area contributed by atoms with Crippen molar-refractivity contribution in [2.45, 2.75) is 32.6 Å². The third-order valence-electron chi connectivity index (χ3n) is 3.51. The molecule has 1 N–H and O–H groups in total. The molecule has 1 rings (SSSR count). The Hall–Kier alpha value is -2.04. The van der Waals surface area contributed by atoms with Crippen molar-refractivity contribution in [3.05, 3.63) is 29.8 Å². The molecular weight excluding hydrogens is 270 g/mol. The number of carbonyl (C=O) groups is 2.